The highest BCUT2D eigenvalue weighted by Crippen LogP contribution is 2.19. The molecule has 0 aliphatic heterocycles. The van der Waals surface area contributed by atoms with Gasteiger partial charge in [-0.15, -0.1) is 0 Å². The zero-order valence-electron chi connectivity index (χ0n) is 25.9. The van der Waals surface area contributed by atoms with E-state index in [0.717, 1.165) is 44.6 Å². The van der Waals surface area contributed by atoms with E-state index in [0.29, 0.717) is 35.3 Å². The van der Waals surface area contributed by atoms with Gasteiger partial charge in [-0.25, -0.2) is 19.6 Å². The van der Waals surface area contributed by atoms with Gasteiger partial charge in [-0.05, 0) is 19.3 Å². The average Bonchev–Trinajstić information content (AvgIpc) is 3.62. The van der Waals surface area contributed by atoms with Crippen LogP contribution in [0.15, 0.2) is 19.2 Å². The molecule has 0 amide bonds. The lowest BCUT2D eigenvalue weighted by molar-refractivity contribution is -0.144. The van der Waals surface area contributed by atoms with Gasteiger partial charge in [-0.3, -0.25) is 37.4 Å². The number of nitrogen functional groups attached to an aromatic ring is 2. The van der Waals surface area contributed by atoms with Gasteiger partial charge in [0.2, 0.25) is 0 Å². The van der Waals surface area contributed by atoms with E-state index in [9.17, 15) is 28.8 Å². The molecule has 5 N–H and O–H groups in total. The van der Waals surface area contributed by atoms with E-state index in [1.54, 1.807) is 7.05 Å². The highest BCUT2D eigenvalue weighted by Gasteiger charge is 2.17. The maximum Gasteiger partial charge on any atom is 0.332 e. The zero-order valence-corrected chi connectivity index (χ0v) is 27.5. The van der Waals surface area contributed by atoms with Crippen molar-refractivity contribution < 1.29 is 24.2 Å². The van der Waals surface area contributed by atoms with Crippen molar-refractivity contribution in [1.82, 2.24) is 28.2 Å². The molecule has 19 heteroatoms. The molecule has 0 bridgehead atoms. The van der Waals surface area contributed by atoms with E-state index in [-0.39, 0.29) is 66.7 Å². The van der Waals surface area contributed by atoms with E-state index in [2.05, 4.69) is 9.97 Å². The van der Waals surface area contributed by atoms with Crippen LogP contribution in [0.5, 0.6) is 0 Å². The van der Waals surface area contributed by atoms with Crippen LogP contribution in [0.3, 0.4) is 0 Å². The third-order valence-electron chi connectivity index (χ3n) is 6.65. The first-order valence-corrected chi connectivity index (χ1v) is 16.2. The molecule has 0 radical (unpaired) electrons. The molecule has 4 heterocycles. The molecule has 0 aliphatic carbocycles. The number of carbonyl (C=O) groups excluding carboxylic acids is 2. The quantitative estimate of drug-likeness (QED) is 0.120. The van der Waals surface area contributed by atoms with Crippen LogP contribution in [0, 0.1) is 0 Å². The number of esters is 2. The molecule has 0 unspecified atom stereocenters. The first-order chi connectivity index (χ1) is 21.9. The normalized spacial score (nSPS) is 11.0. The second kappa shape index (κ2) is 16.8. The Morgan fingerprint density at radius 2 is 1.15 bits per heavy atom. The summed E-state index contributed by atoms with van der Waals surface area (Å²) in [4.78, 5) is 80.1. The van der Waals surface area contributed by atoms with E-state index >= 15 is 0 Å². The van der Waals surface area contributed by atoms with Crippen LogP contribution in [0.25, 0.3) is 20.7 Å². The van der Waals surface area contributed by atoms with Crippen LogP contribution in [0.2, 0.25) is 0 Å². The summed E-state index contributed by atoms with van der Waals surface area (Å²) in [6.07, 6.45) is 3.08. The molecule has 0 saturated heterocycles. The monoisotopic (exact) mass is 682 g/mol. The zero-order chi connectivity index (χ0) is 34.0. The van der Waals surface area contributed by atoms with Crippen LogP contribution >= 0.6 is 22.7 Å². The summed E-state index contributed by atoms with van der Waals surface area (Å²) in [6.45, 7) is 2.79. The third-order valence-corrected chi connectivity index (χ3v) is 8.38. The van der Waals surface area contributed by atoms with Crippen molar-refractivity contribution in [2.75, 3.05) is 31.3 Å². The lowest BCUT2D eigenvalue weighted by Crippen LogP contribution is -2.38. The molecular formula is C27H38N8O9S2. The van der Waals surface area contributed by atoms with Gasteiger partial charge in [0.25, 0.3) is 11.1 Å². The van der Waals surface area contributed by atoms with Gasteiger partial charge in [-0.2, -0.15) is 0 Å². The number of nitrogens with two attached hydrogens (primary N) is 2. The molecule has 4 aromatic rings. The summed E-state index contributed by atoms with van der Waals surface area (Å²) in [5.74, 6) is -0.738. The number of anilines is 2. The minimum Gasteiger partial charge on any atom is -0.466 e. The number of aliphatic hydroxyl groups is 1. The lowest BCUT2D eigenvalue weighted by Gasteiger charge is -2.07. The highest BCUT2D eigenvalue weighted by atomic mass is 32.1. The van der Waals surface area contributed by atoms with Crippen molar-refractivity contribution in [3.63, 3.8) is 0 Å². The fourth-order valence-corrected chi connectivity index (χ4v) is 5.86. The van der Waals surface area contributed by atoms with Gasteiger partial charge >= 0.3 is 23.3 Å². The first kappa shape index (κ1) is 36.1. The lowest BCUT2D eigenvalue weighted by atomic mass is 10.3. The standard InChI is InChI=1S/C14H20N4O4S.C13H18N4O5S/c1-3-4-8-22-9(19)6-5-7-18-12(20)10-11(16-13(15)23-10)17(2)14(18)21;1-16-10-9(23-12(14)15-10)11(20)17(13(16)21)5-2-4-8(19)22-7-3-6-18/h3-8H2,1-2H3,(H2,15,16);18H,2-7H2,1H3,(H2,14,15). The Morgan fingerprint density at radius 1 is 0.739 bits per heavy atom. The van der Waals surface area contributed by atoms with Gasteiger partial charge in [0.15, 0.2) is 21.6 Å². The predicted octanol–water partition coefficient (Wildman–Crippen LogP) is 0.307. The summed E-state index contributed by atoms with van der Waals surface area (Å²) in [5, 5.41) is 9.06. The number of thiazole rings is 2. The Bertz CT molecular complexity index is 1780. The predicted molar refractivity (Wildman–Crippen MR) is 174 cm³/mol. The molecule has 17 nitrogen and oxygen atoms in total. The number of fused-ring (bicyclic) bond motifs is 2. The number of aromatic nitrogens is 6. The van der Waals surface area contributed by atoms with Gasteiger partial charge in [-0.1, -0.05) is 36.0 Å². The summed E-state index contributed by atoms with van der Waals surface area (Å²) in [5.41, 5.74) is 9.92. The van der Waals surface area contributed by atoms with Crippen LogP contribution in [-0.4, -0.2) is 65.1 Å². The molecule has 4 aromatic heterocycles. The molecule has 0 aromatic carbocycles. The van der Waals surface area contributed by atoms with E-state index in [1.165, 1.54) is 16.2 Å². The van der Waals surface area contributed by atoms with Gasteiger partial charge < -0.3 is 26.0 Å². The van der Waals surface area contributed by atoms with E-state index in [1.807, 2.05) is 6.92 Å². The fourth-order valence-electron chi connectivity index (χ4n) is 4.23. The van der Waals surface area contributed by atoms with Crippen molar-refractivity contribution in [1.29, 1.82) is 0 Å². The number of carbonyl (C=O) groups is 2. The number of nitrogens with zero attached hydrogens (tertiary/aromatic N) is 6. The number of ether oxygens (including phenoxy) is 2. The van der Waals surface area contributed by atoms with Crippen molar-refractivity contribution in [3.8, 4) is 0 Å². The molecule has 46 heavy (non-hydrogen) atoms. The maximum atomic E-state index is 12.3. The molecule has 4 rings (SSSR count). The van der Waals surface area contributed by atoms with Gasteiger partial charge in [0.1, 0.15) is 9.40 Å². The van der Waals surface area contributed by atoms with Gasteiger partial charge in [0, 0.05) is 53.1 Å². The SMILES string of the molecule is CCCCOC(=O)CCCn1c(=O)c2sc(N)nc2n(C)c1=O.Cn1c(=O)n(CCCC(=O)OCCCO)c(=O)c2sc(N)nc21. The molecule has 0 atom stereocenters. The summed E-state index contributed by atoms with van der Waals surface area (Å²) in [6, 6.07) is 0. The summed E-state index contributed by atoms with van der Waals surface area (Å²) in [7, 11) is 3.06. The first-order valence-electron chi connectivity index (χ1n) is 14.5. The molecule has 252 valence electrons. The Kier molecular flexibility index (Phi) is 13.2. The molecular weight excluding hydrogens is 644 g/mol. The topological polar surface area (TPSA) is 239 Å². The fraction of sp³-hybridized carbons (Fsp3) is 0.556. The Balaban J connectivity index is 0.000000250. The number of aryl methyl sites for hydroxylation is 2. The maximum absolute atomic E-state index is 12.3. The third kappa shape index (κ3) is 8.88. The largest absolute Gasteiger partial charge is 0.466 e. The summed E-state index contributed by atoms with van der Waals surface area (Å²) >= 11 is 2.08. The van der Waals surface area contributed by atoms with Crippen molar-refractivity contribution in [3.05, 3.63) is 41.7 Å². The molecule has 0 aliphatic rings. The smallest absolute Gasteiger partial charge is 0.332 e. The second-order valence-corrected chi connectivity index (χ2v) is 12.1. The van der Waals surface area contributed by atoms with Crippen LogP contribution in [0.4, 0.5) is 10.3 Å². The average molecular weight is 683 g/mol. The molecule has 0 fully saturated rings. The number of hydrogen-bond acceptors (Lipinski definition) is 15. The van der Waals surface area contributed by atoms with Crippen molar-refractivity contribution in [2.24, 2.45) is 14.1 Å². The van der Waals surface area contributed by atoms with Crippen LogP contribution in [0.1, 0.15) is 51.9 Å². The number of hydrogen-bond donors (Lipinski definition) is 3. The number of unbranched alkanes of at least 4 members (excludes halogenated alkanes) is 1. The highest BCUT2D eigenvalue weighted by molar-refractivity contribution is 7.22. The number of aliphatic hydroxyl groups excluding tert-OH is 1. The number of rotatable bonds is 14. The molecule has 0 spiro atoms. The van der Waals surface area contributed by atoms with Crippen molar-refractivity contribution >= 4 is 65.6 Å². The van der Waals surface area contributed by atoms with Crippen LogP contribution < -0.4 is 34.0 Å². The Labute approximate surface area is 269 Å². The Morgan fingerprint density at radius 3 is 1.54 bits per heavy atom. The van der Waals surface area contributed by atoms with E-state index in [4.69, 9.17) is 26.0 Å². The van der Waals surface area contributed by atoms with Crippen LogP contribution in [-0.2, 0) is 46.2 Å². The summed E-state index contributed by atoms with van der Waals surface area (Å²) < 4.78 is 15.3. The minimum atomic E-state index is -0.499. The van der Waals surface area contributed by atoms with Gasteiger partial charge in [0.05, 0.1) is 13.2 Å². The van der Waals surface area contributed by atoms with Crippen molar-refractivity contribution in [2.45, 2.75) is 65.0 Å². The Hall–Kier alpha value is -4.36. The minimum absolute atomic E-state index is 0.0449. The second-order valence-electron chi connectivity index (χ2n) is 10.1. The van der Waals surface area contributed by atoms with E-state index < -0.39 is 28.5 Å². The molecule has 0 saturated carbocycles.